The van der Waals surface area contributed by atoms with Crippen LogP contribution < -0.4 is 5.73 Å². The number of pyridine rings is 1. The molecular weight excluding hydrogens is 396 g/mol. The Balaban J connectivity index is 1.23. The molecule has 164 valence electrons. The van der Waals surface area contributed by atoms with Gasteiger partial charge in [0.05, 0.1) is 5.69 Å². The molecule has 0 spiro atoms. The summed E-state index contributed by atoms with van der Waals surface area (Å²) in [5.74, 6) is 0.748. The number of hydrogen-bond donors (Lipinski definition) is 1. The van der Waals surface area contributed by atoms with E-state index in [4.69, 9.17) is 10.3 Å². The fourth-order valence-electron chi connectivity index (χ4n) is 4.90. The summed E-state index contributed by atoms with van der Waals surface area (Å²) >= 11 is 0. The summed E-state index contributed by atoms with van der Waals surface area (Å²) in [5.41, 5.74) is 12.5. The number of likely N-dealkylation sites (tertiary alicyclic amines) is 1. The summed E-state index contributed by atoms with van der Waals surface area (Å²) in [7, 11) is 0. The first-order chi connectivity index (χ1) is 15.8. The summed E-state index contributed by atoms with van der Waals surface area (Å²) in [6.45, 7) is 3.81. The van der Waals surface area contributed by atoms with E-state index in [9.17, 15) is 0 Å². The Morgan fingerprint density at radius 2 is 1.84 bits per heavy atom. The highest BCUT2D eigenvalue weighted by Crippen LogP contribution is 2.32. The third kappa shape index (κ3) is 4.45. The van der Waals surface area contributed by atoms with Gasteiger partial charge >= 0.3 is 0 Å². The van der Waals surface area contributed by atoms with Crippen LogP contribution in [0.5, 0.6) is 0 Å². The number of fused-ring (bicyclic) bond motifs is 1. The number of piperidine rings is 1. The van der Waals surface area contributed by atoms with E-state index in [0.717, 1.165) is 58.7 Å². The zero-order valence-electron chi connectivity index (χ0n) is 18.4. The molecule has 0 bridgehead atoms. The van der Waals surface area contributed by atoms with E-state index in [0.29, 0.717) is 6.54 Å². The molecule has 0 radical (unpaired) electrons. The normalized spacial score (nSPS) is 15.4. The fraction of sp³-hybridized carbons (Fsp3) is 0.333. The van der Waals surface area contributed by atoms with Gasteiger partial charge in [0.25, 0.3) is 0 Å². The molecule has 1 fully saturated rings. The van der Waals surface area contributed by atoms with Crippen molar-refractivity contribution in [1.82, 2.24) is 15.0 Å². The molecule has 0 amide bonds. The summed E-state index contributed by atoms with van der Waals surface area (Å²) in [4.78, 5) is 6.82. The molecular formula is C27H30N4O. The van der Waals surface area contributed by atoms with Gasteiger partial charge in [-0.05, 0) is 68.0 Å². The summed E-state index contributed by atoms with van der Waals surface area (Å²) in [6, 6.07) is 19.0. The van der Waals surface area contributed by atoms with E-state index in [1.54, 1.807) is 6.20 Å². The van der Waals surface area contributed by atoms with Crippen molar-refractivity contribution in [2.75, 3.05) is 13.1 Å². The van der Waals surface area contributed by atoms with Crippen molar-refractivity contribution in [2.24, 2.45) is 11.7 Å². The number of benzene rings is 2. The van der Waals surface area contributed by atoms with Gasteiger partial charge in [-0.3, -0.25) is 9.88 Å². The average molecular weight is 427 g/mol. The van der Waals surface area contributed by atoms with Crippen LogP contribution >= 0.6 is 0 Å². The van der Waals surface area contributed by atoms with Crippen LogP contribution in [0.4, 0.5) is 0 Å². The third-order valence-corrected chi connectivity index (χ3v) is 6.74. The largest absolute Gasteiger partial charge is 0.356 e. The van der Waals surface area contributed by atoms with Crippen molar-refractivity contribution in [1.29, 1.82) is 0 Å². The van der Waals surface area contributed by atoms with Gasteiger partial charge in [0.2, 0.25) is 0 Å². The zero-order valence-corrected chi connectivity index (χ0v) is 18.4. The first-order valence-corrected chi connectivity index (χ1v) is 11.6. The molecule has 1 saturated heterocycles. The second-order valence-corrected chi connectivity index (χ2v) is 8.79. The molecule has 2 N–H and O–H groups in total. The van der Waals surface area contributed by atoms with Gasteiger partial charge in [0.1, 0.15) is 0 Å². The molecule has 5 rings (SSSR count). The van der Waals surface area contributed by atoms with Crippen molar-refractivity contribution >= 4 is 11.0 Å². The van der Waals surface area contributed by atoms with E-state index in [1.165, 1.54) is 31.5 Å². The first-order valence-electron chi connectivity index (χ1n) is 11.6. The van der Waals surface area contributed by atoms with Gasteiger partial charge in [-0.15, -0.1) is 0 Å². The Bertz CT molecular complexity index is 1150. The highest BCUT2D eigenvalue weighted by molar-refractivity contribution is 5.89. The number of rotatable bonds is 7. The lowest BCUT2D eigenvalue weighted by molar-refractivity contribution is 0.172. The highest BCUT2D eigenvalue weighted by atomic mass is 16.5. The second kappa shape index (κ2) is 9.63. The Kier molecular flexibility index (Phi) is 6.28. The molecule has 5 heteroatoms. The monoisotopic (exact) mass is 426 g/mol. The summed E-state index contributed by atoms with van der Waals surface area (Å²) in [5, 5.41) is 5.53. The van der Waals surface area contributed by atoms with Crippen LogP contribution in [0.3, 0.4) is 0 Å². The van der Waals surface area contributed by atoms with E-state index in [2.05, 4.69) is 63.6 Å². The van der Waals surface area contributed by atoms with Crippen LogP contribution in [0.25, 0.3) is 22.1 Å². The van der Waals surface area contributed by atoms with Crippen LogP contribution in [0.1, 0.15) is 36.1 Å². The van der Waals surface area contributed by atoms with Crippen LogP contribution in [0.15, 0.2) is 71.5 Å². The van der Waals surface area contributed by atoms with Crippen molar-refractivity contribution < 1.29 is 4.52 Å². The Morgan fingerprint density at radius 3 is 2.59 bits per heavy atom. The standard InChI is InChI=1S/C27H30N4O/c28-17-25-23(22-7-4-14-29-18-22)9-10-24-26(30-32-27(24)25)11-8-20-12-15-31(16-13-20)19-21-5-2-1-3-6-21/h1-7,9-10,14,18,20H,8,11-13,15-17,19,28H2. The highest BCUT2D eigenvalue weighted by Gasteiger charge is 2.21. The second-order valence-electron chi connectivity index (χ2n) is 8.79. The van der Waals surface area contributed by atoms with E-state index in [1.807, 2.05) is 12.3 Å². The number of nitrogens with zero attached hydrogens (tertiary/aromatic N) is 3. The minimum absolute atomic E-state index is 0.413. The molecule has 0 aliphatic carbocycles. The molecule has 0 saturated carbocycles. The van der Waals surface area contributed by atoms with Crippen LogP contribution in [-0.2, 0) is 19.5 Å². The SMILES string of the molecule is NCc1c(-c2cccnc2)ccc2c(CCC3CCN(Cc4ccccc4)CC3)noc12. The minimum atomic E-state index is 0.413. The lowest BCUT2D eigenvalue weighted by Crippen LogP contribution is -2.33. The number of nitrogens with two attached hydrogens (primary N) is 1. The molecule has 2 aromatic carbocycles. The topological polar surface area (TPSA) is 68.2 Å². The van der Waals surface area contributed by atoms with Gasteiger partial charge in [-0.2, -0.15) is 0 Å². The van der Waals surface area contributed by atoms with Crippen LogP contribution in [-0.4, -0.2) is 28.1 Å². The van der Waals surface area contributed by atoms with Crippen molar-refractivity contribution in [3.63, 3.8) is 0 Å². The van der Waals surface area contributed by atoms with Gasteiger partial charge in [0.15, 0.2) is 5.58 Å². The quantitative estimate of drug-likeness (QED) is 0.440. The number of aryl methyl sites for hydroxylation is 1. The molecule has 3 heterocycles. The number of hydrogen-bond acceptors (Lipinski definition) is 5. The molecule has 1 aliphatic rings. The fourth-order valence-corrected chi connectivity index (χ4v) is 4.90. The lowest BCUT2D eigenvalue weighted by atomic mass is 9.90. The van der Waals surface area contributed by atoms with Gasteiger partial charge < -0.3 is 10.3 Å². The summed E-state index contributed by atoms with van der Waals surface area (Å²) < 4.78 is 5.80. The maximum atomic E-state index is 6.11. The van der Waals surface area contributed by atoms with Crippen molar-refractivity contribution in [3.05, 3.63) is 83.8 Å². The van der Waals surface area contributed by atoms with Crippen LogP contribution in [0, 0.1) is 5.92 Å². The number of aromatic nitrogens is 2. The van der Waals surface area contributed by atoms with Crippen LogP contribution in [0.2, 0.25) is 0 Å². The minimum Gasteiger partial charge on any atom is -0.356 e. The van der Waals surface area contributed by atoms with Gasteiger partial charge in [-0.1, -0.05) is 47.6 Å². The molecule has 32 heavy (non-hydrogen) atoms. The predicted octanol–water partition coefficient (Wildman–Crippen LogP) is 5.19. The molecule has 1 aliphatic heterocycles. The maximum Gasteiger partial charge on any atom is 0.172 e. The third-order valence-electron chi connectivity index (χ3n) is 6.74. The molecule has 5 nitrogen and oxygen atoms in total. The Hall–Kier alpha value is -3.02. The Morgan fingerprint density at radius 1 is 1.00 bits per heavy atom. The van der Waals surface area contributed by atoms with E-state index >= 15 is 0 Å². The Labute approximate surface area is 189 Å². The van der Waals surface area contributed by atoms with Crippen molar-refractivity contribution in [3.8, 4) is 11.1 Å². The maximum absolute atomic E-state index is 6.11. The van der Waals surface area contributed by atoms with Gasteiger partial charge in [0, 0.05) is 42.0 Å². The molecule has 4 aromatic rings. The summed E-state index contributed by atoms with van der Waals surface area (Å²) in [6.07, 6.45) is 8.25. The first kappa shape index (κ1) is 20.9. The predicted molar refractivity (Wildman–Crippen MR) is 128 cm³/mol. The van der Waals surface area contributed by atoms with E-state index in [-0.39, 0.29) is 0 Å². The van der Waals surface area contributed by atoms with E-state index < -0.39 is 0 Å². The molecule has 2 aromatic heterocycles. The molecule has 0 atom stereocenters. The zero-order chi connectivity index (χ0) is 21.8. The lowest BCUT2D eigenvalue weighted by Gasteiger charge is -2.31. The van der Waals surface area contributed by atoms with Crippen molar-refractivity contribution in [2.45, 2.75) is 38.8 Å². The average Bonchev–Trinajstić information content (AvgIpc) is 3.27. The van der Waals surface area contributed by atoms with Gasteiger partial charge in [-0.25, -0.2) is 0 Å². The molecule has 0 unspecified atom stereocenters. The smallest absolute Gasteiger partial charge is 0.172 e.